The first-order valence-corrected chi connectivity index (χ1v) is 7.44. The molecule has 0 N–H and O–H groups in total. The summed E-state index contributed by atoms with van der Waals surface area (Å²) in [4.78, 5) is 2.36. The molecule has 1 aromatic carbocycles. The van der Waals surface area contributed by atoms with Gasteiger partial charge in [0.1, 0.15) is 0 Å². The van der Waals surface area contributed by atoms with E-state index in [2.05, 4.69) is 35.3 Å². The van der Waals surface area contributed by atoms with Gasteiger partial charge >= 0.3 is 72.7 Å². The fraction of sp³-hybridized carbons (Fsp3) is 0.333. The molecule has 0 bridgehead atoms. The first-order chi connectivity index (χ1) is 4.93. The van der Waals surface area contributed by atoms with Gasteiger partial charge in [-0.25, -0.2) is 0 Å². The van der Waals surface area contributed by atoms with Crippen LogP contribution >= 0.6 is 0 Å². The minimum absolute atomic E-state index is 0.335. The van der Waals surface area contributed by atoms with Crippen molar-refractivity contribution in [2.24, 2.45) is 0 Å². The van der Waals surface area contributed by atoms with Crippen molar-refractivity contribution in [3.63, 3.8) is 0 Å². The standard InChI is InChI=1S/C9H12Te/c1-10-8-7-9-5-3-2-4-6-9/h2-6H,7-8H2,1H3. The Balaban J connectivity index is 2.43. The van der Waals surface area contributed by atoms with Crippen LogP contribution in [0, 0.1) is 0 Å². The van der Waals surface area contributed by atoms with E-state index in [1.165, 1.54) is 16.5 Å². The van der Waals surface area contributed by atoms with E-state index in [0.29, 0.717) is 20.9 Å². The van der Waals surface area contributed by atoms with Gasteiger partial charge in [0.2, 0.25) is 0 Å². The third-order valence-corrected chi connectivity index (χ3v) is 3.19. The van der Waals surface area contributed by atoms with Gasteiger partial charge in [-0.15, -0.1) is 0 Å². The molecule has 0 saturated carbocycles. The average molecular weight is 248 g/mol. The van der Waals surface area contributed by atoms with Crippen LogP contribution in [-0.2, 0) is 6.42 Å². The SMILES string of the molecule is C[Te]CCc1ccccc1. The van der Waals surface area contributed by atoms with Gasteiger partial charge in [-0.2, -0.15) is 0 Å². The summed E-state index contributed by atoms with van der Waals surface area (Å²) >= 11 is 0.335. The zero-order valence-corrected chi connectivity index (χ0v) is 8.54. The number of hydrogen-bond donors (Lipinski definition) is 0. The van der Waals surface area contributed by atoms with Crippen LogP contribution in [0.25, 0.3) is 0 Å². The summed E-state index contributed by atoms with van der Waals surface area (Å²) in [7, 11) is 0. The van der Waals surface area contributed by atoms with Crippen LogP contribution in [0.2, 0.25) is 9.44 Å². The topological polar surface area (TPSA) is 0 Å². The van der Waals surface area contributed by atoms with E-state index in [1.54, 1.807) is 0 Å². The van der Waals surface area contributed by atoms with Crippen LogP contribution in [0.4, 0.5) is 0 Å². The molecule has 0 aliphatic carbocycles. The summed E-state index contributed by atoms with van der Waals surface area (Å²) in [5.41, 5.74) is 1.49. The van der Waals surface area contributed by atoms with Crippen molar-refractivity contribution < 1.29 is 0 Å². The van der Waals surface area contributed by atoms with Gasteiger partial charge in [-0.3, -0.25) is 0 Å². The summed E-state index contributed by atoms with van der Waals surface area (Å²) in [5, 5.41) is 0. The van der Waals surface area contributed by atoms with Gasteiger partial charge in [0.15, 0.2) is 0 Å². The molecule has 1 aromatic rings. The molecule has 0 radical (unpaired) electrons. The minimum atomic E-state index is 0.335. The molecule has 0 amide bonds. The second kappa shape index (κ2) is 4.77. The maximum absolute atomic E-state index is 2.36. The normalized spacial score (nSPS) is 9.70. The monoisotopic (exact) mass is 250 g/mol. The third-order valence-electron chi connectivity index (χ3n) is 1.44. The molecule has 0 nitrogen and oxygen atoms in total. The first-order valence-electron chi connectivity index (χ1n) is 3.46. The fourth-order valence-electron chi connectivity index (χ4n) is 0.865. The molecule has 0 aliphatic rings. The van der Waals surface area contributed by atoms with Crippen LogP contribution in [0.3, 0.4) is 0 Å². The molecule has 0 aliphatic heterocycles. The van der Waals surface area contributed by atoms with Crippen molar-refractivity contribution in [2.75, 3.05) is 0 Å². The summed E-state index contributed by atoms with van der Waals surface area (Å²) < 4.78 is 1.44. The van der Waals surface area contributed by atoms with Gasteiger partial charge in [0.05, 0.1) is 0 Å². The molecule has 1 rings (SSSR count). The second-order valence-corrected chi connectivity index (χ2v) is 5.04. The van der Waals surface area contributed by atoms with E-state index in [9.17, 15) is 0 Å². The Labute approximate surface area is 72.7 Å². The Morgan fingerprint density at radius 3 is 2.50 bits per heavy atom. The quantitative estimate of drug-likeness (QED) is 0.720. The van der Waals surface area contributed by atoms with Crippen LogP contribution in [0.15, 0.2) is 30.3 Å². The Kier molecular flexibility index (Phi) is 3.87. The Bertz CT molecular complexity index is 169. The van der Waals surface area contributed by atoms with Crippen molar-refractivity contribution in [2.45, 2.75) is 15.9 Å². The number of hydrogen-bond acceptors (Lipinski definition) is 0. The van der Waals surface area contributed by atoms with Gasteiger partial charge in [-0.1, -0.05) is 0 Å². The summed E-state index contributed by atoms with van der Waals surface area (Å²) in [5.74, 6) is 0. The number of benzene rings is 1. The predicted octanol–water partition coefficient (Wildman–Crippen LogP) is 2.40. The molecule has 0 unspecified atom stereocenters. The van der Waals surface area contributed by atoms with Crippen molar-refractivity contribution in [1.82, 2.24) is 0 Å². The predicted molar refractivity (Wildman–Crippen MR) is 46.6 cm³/mol. The molecular weight excluding hydrogens is 236 g/mol. The molecule has 0 atom stereocenters. The molecule has 0 spiro atoms. The summed E-state index contributed by atoms with van der Waals surface area (Å²) in [6.07, 6.45) is 1.29. The van der Waals surface area contributed by atoms with E-state index in [4.69, 9.17) is 0 Å². The maximum atomic E-state index is 2.36. The zero-order chi connectivity index (χ0) is 7.23. The molecule has 54 valence electrons. The number of rotatable bonds is 3. The van der Waals surface area contributed by atoms with Crippen molar-refractivity contribution >= 4 is 20.9 Å². The van der Waals surface area contributed by atoms with Crippen LogP contribution in [0.5, 0.6) is 0 Å². The van der Waals surface area contributed by atoms with Gasteiger partial charge in [-0.05, 0) is 0 Å². The fourth-order valence-corrected chi connectivity index (χ4v) is 2.12. The average Bonchev–Trinajstić information content (AvgIpc) is 2.03. The molecule has 1 heteroatoms. The Morgan fingerprint density at radius 1 is 1.20 bits per heavy atom. The summed E-state index contributed by atoms with van der Waals surface area (Å²) in [6.45, 7) is 0. The van der Waals surface area contributed by atoms with Crippen molar-refractivity contribution in [1.29, 1.82) is 0 Å². The molecule has 0 heterocycles. The van der Waals surface area contributed by atoms with Crippen molar-refractivity contribution in [3.8, 4) is 0 Å². The van der Waals surface area contributed by atoms with Gasteiger partial charge in [0.25, 0.3) is 0 Å². The van der Waals surface area contributed by atoms with Crippen LogP contribution in [0.1, 0.15) is 5.56 Å². The van der Waals surface area contributed by atoms with Crippen LogP contribution in [-0.4, -0.2) is 20.9 Å². The Hall–Kier alpha value is 0.00961. The Morgan fingerprint density at radius 2 is 1.90 bits per heavy atom. The van der Waals surface area contributed by atoms with E-state index < -0.39 is 0 Å². The van der Waals surface area contributed by atoms with Crippen molar-refractivity contribution in [3.05, 3.63) is 35.9 Å². The molecule has 0 fully saturated rings. The summed E-state index contributed by atoms with van der Waals surface area (Å²) in [6, 6.07) is 10.7. The van der Waals surface area contributed by atoms with Gasteiger partial charge in [0, 0.05) is 0 Å². The van der Waals surface area contributed by atoms with E-state index >= 15 is 0 Å². The molecule has 0 saturated heterocycles. The van der Waals surface area contributed by atoms with Crippen LogP contribution < -0.4 is 0 Å². The van der Waals surface area contributed by atoms with Gasteiger partial charge < -0.3 is 0 Å². The third kappa shape index (κ3) is 2.73. The molecule has 0 aromatic heterocycles. The van der Waals surface area contributed by atoms with E-state index in [1.807, 2.05) is 0 Å². The van der Waals surface area contributed by atoms with E-state index in [-0.39, 0.29) is 0 Å². The van der Waals surface area contributed by atoms with E-state index in [0.717, 1.165) is 0 Å². The number of aryl methyl sites for hydroxylation is 1. The molecular formula is C9H12Te. The molecule has 10 heavy (non-hydrogen) atoms. The zero-order valence-electron chi connectivity index (χ0n) is 6.21. The second-order valence-electron chi connectivity index (χ2n) is 2.23. The first kappa shape index (κ1) is 8.11.